The molecule has 166 valence electrons. The van der Waals surface area contributed by atoms with Gasteiger partial charge in [-0.15, -0.1) is 24.0 Å². The summed E-state index contributed by atoms with van der Waals surface area (Å²) in [5.41, 5.74) is 1.10. The smallest absolute Gasteiger partial charge is 0.191 e. The zero-order valence-corrected chi connectivity index (χ0v) is 20.8. The zero-order chi connectivity index (χ0) is 21.1. The molecule has 1 unspecified atom stereocenters. The van der Waals surface area contributed by atoms with E-state index in [1.165, 1.54) is 0 Å². The van der Waals surface area contributed by atoms with Crippen molar-refractivity contribution in [1.29, 1.82) is 0 Å². The third-order valence-corrected chi connectivity index (χ3v) is 4.52. The standard InChI is InChI=1S/C22H33N5O2.HI/c1-6-27(7-2)21-12-11-18(15-24-21)16-26-22(23-4)25-14-17(3)29-20-10-8-9-19(13-20)28-5;/h8-13,15,17H,6-7,14,16H2,1-5H3,(H2,23,25,26);1H. The van der Waals surface area contributed by atoms with Crippen LogP contribution < -0.4 is 25.0 Å². The summed E-state index contributed by atoms with van der Waals surface area (Å²) in [4.78, 5) is 11.1. The lowest BCUT2D eigenvalue weighted by Crippen LogP contribution is -2.41. The van der Waals surface area contributed by atoms with E-state index in [0.717, 1.165) is 41.9 Å². The van der Waals surface area contributed by atoms with E-state index < -0.39 is 0 Å². The fourth-order valence-corrected chi connectivity index (χ4v) is 2.85. The second kappa shape index (κ2) is 13.9. The quantitative estimate of drug-likeness (QED) is 0.279. The molecule has 0 saturated heterocycles. The van der Waals surface area contributed by atoms with Crippen LogP contribution in [0.5, 0.6) is 11.5 Å². The topological polar surface area (TPSA) is 71.0 Å². The molecule has 2 aromatic rings. The van der Waals surface area contributed by atoms with Gasteiger partial charge in [0.2, 0.25) is 0 Å². The Hall–Kier alpha value is -2.23. The molecule has 0 aliphatic carbocycles. The van der Waals surface area contributed by atoms with Crippen molar-refractivity contribution >= 4 is 35.8 Å². The molecule has 0 fully saturated rings. The van der Waals surface area contributed by atoms with E-state index in [2.05, 4.69) is 51.5 Å². The summed E-state index contributed by atoms with van der Waals surface area (Å²) in [5.74, 6) is 3.28. The summed E-state index contributed by atoms with van der Waals surface area (Å²) in [6.45, 7) is 9.45. The van der Waals surface area contributed by atoms with Crippen molar-refractivity contribution in [3.8, 4) is 11.5 Å². The zero-order valence-electron chi connectivity index (χ0n) is 18.5. The lowest BCUT2D eigenvalue weighted by molar-refractivity contribution is 0.223. The second-order valence-electron chi connectivity index (χ2n) is 6.61. The van der Waals surface area contributed by atoms with Gasteiger partial charge >= 0.3 is 0 Å². The third-order valence-electron chi connectivity index (χ3n) is 4.52. The number of nitrogens with one attached hydrogen (secondary N) is 2. The van der Waals surface area contributed by atoms with E-state index in [4.69, 9.17) is 9.47 Å². The minimum Gasteiger partial charge on any atom is -0.497 e. The molecule has 0 aliphatic heterocycles. The van der Waals surface area contributed by atoms with Gasteiger partial charge in [-0.3, -0.25) is 4.99 Å². The summed E-state index contributed by atoms with van der Waals surface area (Å²) in [7, 11) is 3.40. The molecule has 1 aromatic heterocycles. The predicted molar refractivity (Wildman–Crippen MR) is 134 cm³/mol. The minimum absolute atomic E-state index is 0. The summed E-state index contributed by atoms with van der Waals surface area (Å²) < 4.78 is 11.2. The first-order valence-corrected chi connectivity index (χ1v) is 10.0. The molecule has 0 spiro atoms. The SMILES string of the molecule is CCN(CC)c1ccc(CNC(=NC)NCC(C)Oc2cccc(OC)c2)cn1.I. The van der Waals surface area contributed by atoms with E-state index in [-0.39, 0.29) is 30.1 Å². The molecule has 0 saturated carbocycles. The Balaban J connectivity index is 0.00000450. The molecule has 0 aliphatic rings. The molecule has 30 heavy (non-hydrogen) atoms. The van der Waals surface area contributed by atoms with Gasteiger partial charge in [-0.2, -0.15) is 0 Å². The molecule has 1 heterocycles. The number of hydrogen-bond donors (Lipinski definition) is 2. The number of pyridine rings is 1. The van der Waals surface area contributed by atoms with Gasteiger partial charge in [0.15, 0.2) is 5.96 Å². The van der Waals surface area contributed by atoms with Crippen LogP contribution in [0.1, 0.15) is 26.3 Å². The molecule has 0 radical (unpaired) electrons. The highest BCUT2D eigenvalue weighted by atomic mass is 127. The molecule has 7 nitrogen and oxygen atoms in total. The van der Waals surface area contributed by atoms with Gasteiger partial charge in [-0.1, -0.05) is 12.1 Å². The Morgan fingerprint density at radius 2 is 1.87 bits per heavy atom. The van der Waals surface area contributed by atoms with Gasteiger partial charge < -0.3 is 25.0 Å². The van der Waals surface area contributed by atoms with Gasteiger partial charge in [0.05, 0.1) is 13.7 Å². The number of aliphatic imine (C=N–C) groups is 1. The lowest BCUT2D eigenvalue weighted by atomic mass is 10.2. The molecular formula is C22H34IN5O2. The fraction of sp³-hybridized carbons (Fsp3) is 0.455. The summed E-state index contributed by atoms with van der Waals surface area (Å²) in [6, 6.07) is 11.7. The van der Waals surface area contributed by atoms with Crippen LogP contribution in [-0.4, -0.2) is 50.8 Å². The molecule has 2 rings (SSSR count). The van der Waals surface area contributed by atoms with Crippen molar-refractivity contribution in [3.05, 3.63) is 48.2 Å². The van der Waals surface area contributed by atoms with Crippen molar-refractivity contribution in [2.24, 2.45) is 4.99 Å². The van der Waals surface area contributed by atoms with Crippen LogP contribution in [-0.2, 0) is 6.54 Å². The van der Waals surface area contributed by atoms with Crippen molar-refractivity contribution < 1.29 is 9.47 Å². The number of ether oxygens (including phenoxy) is 2. The summed E-state index contributed by atoms with van der Waals surface area (Å²) >= 11 is 0. The Morgan fingerprint density at radius 3 is 2.47 bits per heavy atom. The van der Waals surface area contributed by atoms with Gasteiger partial charge in [0.1, 0.15) is 23.4 Å². The number of nitrogens with zero attached hydrogens (tertiary/aromatic N) is 3. The molecule has 1 atom stereocenters. The molecule has 1 aromatic carbocycles. The van der Waals surface area contributed by atoms with Crippen LogP contribution in [0, 0.1) is 0 Å². The van der Waals surface area contributed by atoms with Crippen molar-refractivity contribution in [2.45, 2.75) is 33.4 Å². The first-order valence-electron chi connectivity index (χ1n) is 10.0. The van der Waals surface area contributed by atoms with Gasteiger partial charge in [-0.05, 0) is 44.5 Å². The van der Waals surface area contributed by atoms with Crippen LogP contribution in [0.25, 0.3) is 0 Å². The van der Waals surface area contributed by atoms with Gasteiger partial charge in [-0.25, -0.2) is 4.98 Å². The molecule has 0 amide bonds. The Kier molecular flexibility index (Phi) is 12.0. The molecular weight excluding hydrogens is 493 g/mol. The number of halogens is 1. The van der Waals surface area contributed by atoms with Crippen molar-refractivity contribution in [2.75, 3.05) is 38.7 Å². The van der Waals surface area contributed by atoms with Gasteiger partial charge in [0.25, 0.3) is 0 Å². The van der Waals surface area contributed by atoms with Gasteiger partial charge in [0, 0.05) is 38.9 Å². The largest absolute Gasteiger partial charge is 0.497 e. The average Bonchev–Trinajstić information content (AvgIpc) is 2.75. The molecule has 0 bridgehead atoms. The first kappa shape index (κ1) is 25.8. The molecule has 8 heteroatoms. The normalized spacial score (nSPS) is 11.8. The van der Waals surface area contributed by atoms with E-state index >= 15 is 0 Å². The van der Waals surface area contributed by atoms with Crippen LogP contribution in [0.2, 0.25) is 0 Å². The number of aromatic nitrogens is 1. The van der Waals surface area contributed by atoms with E-state index in [0.29, 0.717) is 13.1 Å². The maximum atomic E-state index is 5.93. The Labute approximate surface area is 197 Å². The summed E-state index contributed by atoms with van der Waals surface area (Å²) in [5, 5.41) is 6.60. The first-order chi connectivity index (χ1) is 14.1. The number of methoxy groups -OCH3 is 1. The number of hydrogen-bond acceptors (Lipinski definition) is 5. The Morgan fingerprint density at radius 1 is 1.13 bits per heavy atom. The number of benzene rings is 1. The number of anilines is 1. The van der Waals surface area contributed by atoms with E-state index in [1.807, 2.05) is 37.4 Å². The van der Waals surface area contributed by atoms with Crippen LogP contribution in [0.4, 0.5) is 5.82 Å². The Bertz CT molecular complexity index is 766. The number of rotatable bonds is 10. The highest BCUT2D eigenvalue weighted by Gasteiger charge is 2.07. The second-order valence-corrected chi connectivity index (χ2v) is 6.61. The van der Waals surface area contributed by atoms with Crippen LogP contribution >= 0.6 is 24.0 Å². The monoisotopic (exact) mass is 527 g/mol. The highest BCUT2D eigenvalue weighted by molar-refractivity contribution is 14.0. The van der Waals surface area contributed by atoms with Crippen molar-refractivity contribution in [1.82, 2.24) is 15.6 Å². The minimum atomic E-state index is -0.0318. The highest BCUT2D eigenvalue weighted by Crippen LogP contribution is 2.19. The fourth-order valence-electron chi connectivity index (χ4n) is 2.85. The average molecular weight is 527 g/mol. The maximum Gasteiger partial charge on any atom is 0.191 e. The summed E-state index contributed by atoms with van der Waals surface area (Å²) in [6.07, 6.45) is 1.87. The molecule has 2 N–H and O–H groups in total. The van der Waals surface area contributed by atoms with Crippen LogP contribution in [0.3, 0.4) is 0 Å². The van der Waals surface area contributed by atoms with E-state index in [9.17, 15) is 0 Å². The maximum absolute atomic E-state index is 5.93. The third kappa shape index (κ3) is 8.25. The van der Waals surface area contributed by atoms with Crippen molar-refractivity contribution in [3.63, 3.8) is 0 Å². The predicted octanol–water partition coefficient (Wildman–Crippen LogP) is 3.69. The van der Waals surface area contributed by atoms with Crippen LogP contribution in [0.15, 0.2) is 47.6 Å². The van der Waals surface area contributed by atoms with E-state index in [1.54, 1.807) is 14.2 Å². The number of guanidine groups is 1. The lowest BCUT2D eigenvalue weighted by Gasteiger charge is -2.20.